The summed E-state index contributed by atoms with van der Waals surface area (Å²) in [7, 11) is 0. The number of carbonyl (C=O) groups excluding carboxylic acids is 1. The van der Waals surface area contributed by atoms with Gasteiger partial charge in [-0.25, -0.2) is 0 Å². The summed E-state index contributed by atoms with van der Waals surface area (Å²) < 4.78 is 34.6. The lowest BCUT2D eigenvalue weighted by molar-refractivity contribution is -0.379. The summed E-state index contributed by atoms with van der Waals surface area (Å²) in [5.74, 6) is -0.234. The largest absolute Gasteiger partial charge is 0.394 e. The van der Waals surface area contributed by atoms with Crippen LogP contribution in [-0.4, -0.2) is 193 Å². The Morgan fingerprint density at radius 2 is 0.629 bits per heavy atom. The molecule has 0 aliphatic carbocycles. The molecular weight excluding hydrogens is 1330 g/mol. The Labute approximate surface area is 638 Å². The molecule has 0 aromatic carbocycles. The second kappa shape index (κ2) is 66.8. The maximum Gasteiger partial charge on any atom is 0.220 e. The molecule has 0 radical (unpaired) electrons. The van der Waals surface area contributed by atoms with Crippen LogP contribution >= 0.6 is 0 Å². The maximum absolute atomic E-state index is 13.5. The number of allylic oxidation sites excluding steroid dienone is 4. The maximum atomic E-state index is 13.5. The number of hydrogen-bond donors (Lipinski definition) is 12. The second-order valence-corrected chi connectivity index (χ2v) is 31.7. The van der Waals surface area contributed by atoms with Crippen LogP contribution in [0.5, 0.6) is 0 Å². The van der Waals surface area contributed by atoms with Crippen molar-refractivity contribution in [2.75, 3.05) is 26.4 Å². The van der Waals surface area contributed by atoms with E-state index in [-0.39, 0.29) is 18.9 Å². The molecule has 0 saturated carbocycles. The first kappa shape index (κ1) is 97.5. The van der Waals surface area contributed by atoms with Crippen molar-refractivity contribution in [2.24, 2.45) is 0 Å². The molecule has 12 N–H and O–H groups in total. The van der Waals surface area contributed by atoms with Crippen molar-refractivity contribution in [1.82, 2.24) is 5.32 Å². The van der Waals surface area contributed by atoms with Crippen LogP contribution in [-0.2, 0) is 33.2 Å². The average molecular weight is 1500 g/mol. The number of rotatable bonds is 72. The molecule has 3 heterocycles. The van der Waals surface area contributed by atoms with Crippen LogP contribution in [0.1, 0.15) is 386 Å². The number of aliphatic hydroxyl groups excluding tert-OH is 11. The van der Waals surface area contributed by atoms with E-state index < -0.39 is 124 Å². The molecule has 17 unspecified atom stereocenters. The Morgan fingerprint density at radius 3 is 0.971 bits per heavy atom. The number of aliphatic hydroxyl groups is 11. The van der Waals surface area contributed by atoms with Crippen LogP contribution in [0.15, 0.2) is 24.3 Å². The predicted octanol–water partition coefficient (Wildman–Crippen LogP) is 16.1. The van der Waals surface area contributed by atoms with Crippen molar-refractivity contribution in [3.8, 4) is 0 Å². The van der Waals surface area contributed by atoms with E-state index in [1.165, 1.54) is 302 Å². The second-order valence-electron chi connectivity index (χ2n) is 31.7. The van der Waals surface area contributed by atoms with Crippen molar-refractivity contribution >= 4 is 5.91 Å². The van der Waals surface area contributed by atoms with Crippen molar-refractivity contribution < 1.29 is 89.4 Å². The summed E-state index contributed by atoms with van der Waals surface area (Å²) in [6, 6.07) is -0.887. The zero-order valence-electron chi connectivity index (χ0n) is 66.7. The topological polar surface area (TPSA) is 307 Å². The lowest BCUT2D eigenvalue weighted by Crippen LogP contribution is -2.66. The van der Waals surface area contributed by atoms with Crippen molar-refractivity contribution in [3.05, 3.63) is 24.3 Å². The van der Waals surface area contributed by atoms with Crippen LogP contribution < -0.4 is 5.32 Å². The third-order valence-electron chi connectivity index (χ3n) is 22.3. The van der Waals surface area contributed by atoms with Crippen LogP contribution in [0.25, 0.3) is 0 Å². The van der Waals surface area contributed by atoms with Crippen molar-refractivity contribution in [2.45, 2.75) is 491 Å². The Balaban J connectivity index is 1.33. The van der Waals surface area contributed by atoms with Crippen LogP contribution in [0.4, 0.5) is 0 Å². The number of nitrogens with one attached hydrogen (secondary N) is 1. The monoisotopic (exact) mass is 1500 g/mol. The van der Waals surface area contributed by atoms with Crippen LogP contribution in [0, 0.1) is 0 Å². The average Bonchev–Trinajstić information content (AvgIpc) is 0.780. The normalized spacial score (nSPS) is 25.8. The number of amides is 1. The first-order valence-corrected chi connectivity index (χ1v) is 44.1. The van der Waals surface area contributed by atoms with E-state index >= 15 is 0 Å². The molecule has 19 nitrogen and oxygen atoms in total. The first-order valence-electron chi connectivity index (χ1n) is 44.1. The smallest absolute Gasteiger partial charge is 0.220 e. The standard InChI is InChI=1S/C86H163NO18/c1-3-5-7-9-11-13-15-17-19-21-23-25-27-29-31-32-33-34-35-36-38-40-42-44-46-48-50-52-54-56-58-60-62-64-74(92)87-69(70(91)63-61-59-57-55-53-51-49-47-45-43-41-39-37-30-28-26-24-22-20-18-16-14-12-10-8-6-4-2)68-100-84-80(98)77(95)82(72(66-89)102-84)105-86-81(99)78(96)83(73(67-90)103-86)104-85-79(97)76(94)75(93)71(65-88)101-85/h15,17,21,23,69-73,75-86,88-91,93-99H,3-14,16,18-20,22,24-68H2,1-2H3,(H,87,92)/b17-15-,23-21-. The molecule has 0 spiro atoms. The van der Waals surface area contributed by atoms with Gasteiger partial charge in [-0.3, -0.25) is 4.79 Å². The number of hydrogen-bond acceptors (Lipinski definition) is 18. The number of ether oxygens (including phenoxy) is 6. The van der Waals surface area contributed by atoms with E-state index in [4.69, 9.17) is 28.4 Å². The summed E-state index contributed by atoms with van der Waals surface area (Å²) >= 11 is 0. The minimum absolute atomic E-state index is 0.234. The number of carbonyl (C=O) groups is 1. The Hall–Kier alpha value is -1.73. The van der Waals surface area contributed by atoms with Gasteiger partial charge in [0.2, 0.25) is 5.91 Å². The van der Waals surface area contributed by atoms with E-state index in [1.807, 2.05) is 0 Å². The van der Waals surface area contributed by atoms with E-state index in [0.717, 1.165) is 51.4 Å². The lowest BCUT2D eigenvalue weighted by atomic mass is 9.96. The summed E-state index contributed by atoms with van der Waals surface area (Å²) in [5.41, 5.74) is 0. The van der Waals surface area contributed by atoms with E-state index in [1.54, 1.807) is 0 Å². The Morgan fingerprint density at radius 1 is 0.343 bits per heavy atom. The van der Waals surface area contributed by atoms with Gasteiger partial charge in [0, 0.05) is 6.42 Å². The molecule has 105 heavy (non-hydrogen) atoms. The molecule has 3 aliphatic rings. The molecule has 0 aromatic heterocycles. The summed E-state index contributed by atoms with van der Waals surface area (Å²) in [6.45, 7) is 1.86. The highest BCUT2D eigenvalue weighted by molar-refractivity contribution is 5.76. The molecule has 0 bridgehead atoms. The SMILES string of the molecule is CCCCCCC/C=C\C/C=C\CCCCCCCCCCCCCCCCCCCCCCCC(=O)NC(COC1OC(CO)C(OC2OC(CO)C(OC3OC(CO)C(O)C(O)C3O)C(O)C2O)C(O)C1O)C(O)CCCCCCCCCCCCCCCCCCCCCCCCCCCCC. The molecule has 1 amide bonds. The minimum Gasteiger partial charge on any atom is -0.394 e. The quantitative estimate of drug-likeness (QED) is 0.0199. The number of unbranched alkanes of at least 4 members (excludes halogenated alkanes) is 52. The van der Waals surface area contributed by atoms with E-state index in [2.05, 4.69) is 43.5 Å². The molecule has 3 aliphatic heterocycles. The third-order valence-corrected chi connectivity index (χ3v) is 22.3. The summed E-state index contributed by atoms with van der Waals surface area (Å²) in [6.07, 6.45) is 55.7. The molecule has 3 fully saturated rings. The van der Waals surface area contributed by atoms with Gasteiger partial charge in [-0.05, 0) is 44.9 Å². The molecule has 3 rings (SSSR count). The van der Waals surface area contributed by atoms with Gasteiger partial charge in [0.1, 0.15) is 73.2 Å². The van der Waals surface area contributed by atoms with Gasteiger partial charge in [0.15, 0.2) is 18.9 Å². The van der Waals surface area contributed by atoms with Gasteiger partial charge < -0.3 is 89.9 Å². The fourth-order valence-corrected chi connectivity index (χ4v) is 15.2. The van der Waals surface area contributed by atoms with Crippen LogP contribution in [0.3, 0.4) is 0 Å². The minimum atomic E-state index is -1.97. The van der Waals surface area contributed by atoms with E-state index in [9.17, 15) is 61.0 Å². The fourth-order valence-electron chi connectivity index (χ4n) is 15.2. The van der Waals surface area contributed by atoms with Gasteiger partial charge >= 0.3 is 0 Å². The third kappa shape index (κ3) is 46.1. The molecular formula is C86H163NO18. The fraction of sp³-hybridized carbons (Fsp3) is 0.942. The van der Waals surface area contributed by atoms with Gasteiger partial charge in [-0.15, -0.1) is 0 Å². The lowest BCUT2D eigenvalue weighted by Gasteiger charge is -2.48. The zero-order valence-corrected chi connectivity index (χ0v) is 66.7. The molecule has 19 heteroatoms. The zero-order chi connectivity index (χ0) is 76.0. The van der Waals surface area contributed by atoms with Crippen molar-refractivity contribution in [1.29, 1.82) is 0 Å². The highest BCUT2D eigenvalue weighted by Gasteiger charge is 2.54. The highest BCUT2D eigenvalue weighted by atomic mass is 16.8. The van der Waals surface area contributed by atoms with Gasteiger partial charge in [-0.2, -0.15) is 0 Å². The first-order chi connectivity index (χ1) is 51.3. The Bertz CT molecular complexity index is 1990. The Kier molecular flexibility index (Phi) is 62.0. The molecule has 3 saturated heterocycles. The molecule has 17 atom stereocenters. The van der Waals surface area contributed by atoms with E-state index in [0.29, 0.717) is 12.8 Å². The predicted molar refractivity (Wildman–Crippen MR) is 420 cm³/mol. The molecule has 0 aromatic rings. The van der Waals surface area contributed by atoms with Crippen molar-refractivity contribution in [3.63, 3.8) is 0 Å². The summed E-state index contributed by atoms with van der Waals surface area (Å²) in [5, 5.41) is 121. The van der Waals surface area contributed by atoms with Gasteiger partial charge in [-0.1, -0.05) is 359 Å². The van der Waals surface area contributed by atoms with Gasteiger partial charge in [0.05, 0.1) is 38.6 Å². The highest BCUT2D eigenvalue weighted by Crippen LogP contribution is 2.34. The summed E-state index contributed by atoms with van der Waals surface area (Å²) in [4.78, 5) is 13.5. The van der Waals surface area contributed by atoms with Gasteiger partial charge in [0.25, 0.3) is 0 Å². The van der Waals surface area contributed by atoms with Crippen LogP contribution in [0.2, 0.25) is 0 Å². The molecule has 620 valence electrons.